The second-order valence-electron chi connectivity index (χ2n) is 6.11. The van der Waals surface area contributed by atoms with Gasteiger partial charge in [-0.3, -0.25) is 0 Å². The van der Waals surface area contributed by atoms with Gasteiger partial charge in [-0.15, -0.1) is 0 Å². The molecule has 4 unspecified atom stereocenters. The fraction of sp³-hybridized carbons (Fsp3) is 1.00. The molecule has 3 aliphatic rings. The number of fused-ring (bicyclic) bond motifs is 5. The summed E-state index contributed by atoms with van der Waals surface area (Å²) in [6.45, 7) is 1.58. The van der Waals surface area contributed by atoms with E-state index in [2.05, 4.69) is 5.32 Å². The maximum Gasteiger partial charge on any atom is 0.0431 e. The largest absolute Gasteiger partial charge is 0.396 e. The maximum absolute atomic E-state index is 8.68. The highest BCUT2D eigenvalue weighted by atomic mass is 16.2. The first-order valence-corrected chi connectivity index (χ1v) is 7.26. The van der Waals surface area contributed by atoms with Crippen LogP contribution in [0.25, 0.3) is 0 Å². The Balaban J connectivity index is 1.28. The van der Waals surface area contributed by atoms with Crippen LogP contribution in [0.15, 0.2) is 0 Å². The number of hydrogen-bond acceptors (Lipinski definition) is 2. The van der Waals surface area contributed by atoms with Crippen molar-refractivity contribution in [2.45, 2.75) is 51.0 Å². The summed E-state index contributed by atoms with van der Waals surface area (Å²) in [6.07, 6.45) is 9.37. The number of aliphatic hydroxyl groups is 1. The van der Waals surface area contributed by atoms with Gasteiger partial charge < -0.3 is 10.4 Å². The van der Waals surface area contributed by atoms with Crippen LogP contribution in [0.1, 0.15) is 44.9 Å². The Morgan fingerprint density at radius 3 is 2.31 bits per heavy atom. The molecule has 3 fully saturated rings. The lowest BCUT2D eigenvalue weighted by Gasteiger charge is -2.10. The third-order valence-electron chi connectivity index (χ3n) is 5.20. The lowest BCUT2D eigenvalue weighted by molar-refractivity contribution is 0.282. The zero-order valence-corrected chi connectivity index (χ0v) is 10.2. The van der Waals surface area contributed by atoms with Crippen LogP contribution in [-0.4, -0.2) is 24.3 Å². The molecule has 2 heteroatoms. The van der Waals surface area contributed by atoms with Crippen LogP contribution in [-0.2, 0) is 0 Å². The zero-order chi connectivity index (χ0) is 11.0. The van der Waals surface area contributed by atoms with Gasteiger partial charge in [0.25, 0.3) is 0 Å². The molecule has 4 atom stereocenters. The van der Waals surface area contributed by atoms with Crippen LogP contribution in [0, 0.1) is 23.7 Å². The van der Waals surface area contributed by atoms with Crippen molar-refractivity contribution in [2.75, 3.05) is 13.2 Å². The molecule has 2 N–H and O–H groups in total. The molecule has 2 bridgehead atoms. The van der Waals surface area contributed by atoms with E-state index in [4.69, 9.17) is 5.11 Å². The Hall–Kier alpha value is -0.0800. The van der Waals surface area contributed by atoms with Gasteiger partial charge in [0, 0.05) is 12.6 Å². The van der Waals surface area contributed by atoms with Crippen molar-refractivity contribution in [1.82, 2.24) is 5.32 Å². The molecule has 2 nitrogen and oxygen atoms in total. The van der Waals surface area contributed by atoms with Crippen molar-refractivity contribution in [3.63, 3.8) is 0 Å². The molecule has 0 heterocycles. The molecule has 16 heavy (non-hydrogen) atoms. The number of aliphatic hydroxyl groups excluding tert-OH is 1. The first-order valence-electron chi connectivity index (χ1n) is 7.26. The maximum atomic E-state index is 8.68. The highest BCUT2D eigenvalue weighted by Crippen LogP contribution is 2.65. The molecule has 0 spiro atoms. The van der Waals surface area contributed by atoms with Gasteiger partial charge in [-0.2, -0.15) is 0 Å². The number of rotatable bonds is 7. The molecule has 0 amide bonds. The summed E-state index contributed by atoms with van der Waals surface area (Å²) in [5.74, 6) is 4.36. The normalized spacial score (nSPS) is 43.7. The van der Waals surface area contributed by atoms with Crippen molar-refractivity contribution < 1.29 is 5.11 Å². The predicted octanol–water partition coefficient (Wildman–Crippen LogP) is 2.17. The zero-order valence-electron chi connectivity index (χ0n) is 10.2. The Morgan fingerprint density at radius 1 is 0.938 bits per heavy atom. The molecule has 3 saturated carbocycles. The summed E-state index contributed by atoms with van der Waals surface area (Å²) >= 11 is 0. The fourth-order valence-electron chi connectivity index (χ4n) is 4.46. The average molecular weight is 223 g/mol. The minimum absolute atomic E-state index is 0.365. The smallest absolute Gasteiger partial charge is 0.0431 e. The molecule has 0 aromatic heterocycles. The third kappa shape index (κ3) is 1.91. The Morgan fingerprint density at radius 2 is 1.62 bits per heavy atom. The van der Waals surface area contributed by atoms with Crippen molar-refractivity contribution in [2.24, 2.45) is 23.7 Å². The van der Waals surface area contributed by atoms with E-state index in [1.807, 2.05) is 0 Å². The molecular weight excluding hydrogens is 198 g/mol. The number of nitrogens with one attached hydrogen (secondary N) is 1. The lowest BCUT2D eigenvalue weighted by atomic mass is 10.0. The van der Waals surface area contributed by atoms with Gasteiger partial charge in [0.15, 0.2) is 0 Å². The topological polar surface area (TPSA) is 32.3 Å². The van der Waals surface area contributed by atoms with Crippen molar-refractivity contribution in [3.05, 3.63) is 0 Å². The highest BCUT2D eigenvalue weighted by molar-refractivity contribution is 5.16. The van der Waals surface area contributed by atoms with Gasteiger partial charge in [-0.1, -0.05) is 12.8 Å². The summed E-state index contributed by atoms with van der Waals surface area (Å²) in [7, 11) is 0. The molecule has 0 saturated heterocycles. The quantitative estimate of drug-likeness (QED) is 0.648. The summed E-state index contributed by atoms with van der Waals surface area (Å²) < 4.78 is 0. The molecular formula is C14H25NO. The SMILES string of the molecule is OCCCCCCNC1C2C3CCC(C3)C12. The van der Waals surface area contributed by atoms with E-state index in [-0.39, 0.29) is 0 Å². The van der Waals surface area contributed by atoms with Crippen molar-refractivity contribution in [3.8, 4) is 0 Å². The molecule has 0 aliphatic heterocycles. The average Bonchev–Trinajstić information content (AvgIpc) is 2.71. The minimum Gasteiger partial charge on any atom is -0.396 e. The van der Waals surface area contributed by atoms with E-state index in [9.17, 15) is 0 Å². The predicted molar refractivity (Wildman–Crippen MR) is 65.2 cm³/mol. The van der Waals surface area contributed by atoms with Gasteiger partial charge in [0.05, 0.1) is 0 Å². The van der Waals surface area contributed by atoms with Crippen LogP contribution in [0.3, 0.4) is 0 Å². The van der Waals surface area contributed by atoms with E-state index in [1.54, 1.807) is 6.42 Å². The Bertz CT molecular complexity index is 227. The number of hydrogen-bond donors (Lipinski definition) is 2. The Kier molecular flexibility index (Phi) is 3.21. The third-order valence-corrected chi connectivity index (χ3v) is 5.20. The van der Waals surface area contributed by atoms with Gasteiger partial charge in [0.1, 0.15) is 0 Å². The molecule has 92 valence electrons. The van der Waals surface area contributed by atoms with Gasteiger partial charge >= 0.3 is 0 Å². The molecule has 0 radical (unpaired) electrons. The summed E-state index contributed by atoms with van der Waals surface area (Å²) in [5, 5.41) is 12.5. The lowest BCUT2D eigenvalue weighted by Crippen LogP contribution is -2.24. The first kappa shape index (κ1) is 11.0. The monoisotopic (exact) mass is 223 g/mol. The van der Waals surface area contributed by atoms with Crippen LogP contribution in [0.4, 0.5) is 0 Å². The van der Waals surface area contributed by atoms with Crippen LogP contribution in [0.2, 0.25) is 0 Å². The van der Waals surface area contributed by atoms with E-state index in [0.717, 1.165) is 36.1 Å². The molecule has 0 aromatic rings. The highest BCUT2D eigenvalue weighted by Gasteiger charge is 2.64. The standard InChI is InChI=1S/C14H25NO/c16-8-4-2-1-3-7-15-14-12-10-5-6-11(9-10)13(12)14/h10-16H,1-9H2. The van der Waals surface area contributed by atoms with Gasteiger partial charge in [-0.05, 0) is 62.3 Å². The van der Waals surface area contributed by atoms with Crippen LogP contribution < -0.4 is 5.32 Å². The van der Waals surface area contributed by atoms with Crippen LogP contribution >= 0.6 is 0 Å². The Labute approximate surface area is 98.8 Å². The van der Waals surface area contributed by atoms with Crippen LogP contribution in [0.5, 0.6) is 0 Å². The fourth-order valence-corrected chi connectivity index (χ4v) is 4.46. The summed E-state index contributed by atoms with van der Waals surface area (Å²) in [6, 6.07) is 0.907. The van der Waals surface area contributed by atoms with E-state index >= 15 is 0 Å². The van der Waals surface area contributed by atoms with E-state index < -0.39 is 0 Å². The van der Waals surface area contributed by atoms with Crippen molar-refractivity contribution in [1.29, 1.82) is 0 Å². The minimum atomic E-state index is 0.365. The van der Waals surface area contributed by atoms with Crippen molar-refractivity contribution >= 4 is 0 Å². The summed E-state index contributed by atoms with van der Waals surface area (Å²) in [4.78, 5) is 0. The summed E-state index contributed by atoms with van der Waals surface area (Å²) in [5.41, 5.74) is 0. The first-order chi connectivity index (χ1) is 7.92. The molecule has 0 aromatic carbocycles. The van der Waals surface area contributed by atoms with Gasteiger partial charge in [-0.25, -0.2) is 0 Å². The second-order valence-corrected chi connectivity index (χ2v) is 6.11. The number of unbranched alkanes of at least 4 members (excludes halogenated alkanes) is 3. The van der Waals surface area contributed by atoms with E-state index in [0.29, 0.717) is 6.61 Å². The van der Waals surface area contributed by atoms with Gasteiger partial charge in [0.2, 0.25) is 0 Å². The second kappa shape index (κ2) is 4.66. The van der Waals surface area contributed by atoms with E-state index in [1.165, 1.54) is 38.6 Å². The molecule has 3 aliphatic carbocycles. The molecule has 3 rings (SSSR count).